The second-order valence-electron chi connectivity index (χ2n) is 6.29. The van der Waals surface area contributed by atoms with E-state index in [0.29, 0.717) is 30.4 Å². The first-order valence-corrected chi connectivity index (χ1v) is 8.37. The molecule has 0 saturated carbocycles. The molecular weight excluding hydrogens is 404 g/mol. The molecule has 1 aromatic carbocycles. The Hall–Kier alpha value is -3.09. The second-order valence-corrected chi connectivity index (χ2v) is 6.29. The van der Waals surface area contributed by atoms with E-state index in [1.165, 1.54) is 6.07 Å². The molecule has 3 aliphatic heterocycles. The maximum Gasteiger partial charge on any atom is 0.490 e. The van der Waals surface area contributed by atoms with Crippen LogP contribution in [0.1, 0.15) is 6.92 Å². The van der Waals surface area contributed by atoms with Crippen molar-refractivity contribution in [1.82, 2.24) is 10.7 Å². The molecule has 29 heavy (non-hydrogen) atoms. The maximum atomic E-state index is 14.1. The van der Waals surface area contributed by atoms with Crippen molar-refractivity contribution >= 4 is 23.4 Å². The lowest BCUT2D eigenvalue weighted by Gasteiger charge is -2.38. The van der Waals surface area contributed by atoms with Gasteiger partial charge in [0.2, 0.25) is 0 Å². The molecule has 0 aliphatic carbocycles. The smallest absolute Gasteiger partial charge is 0.485 e. The number of rotatable bonds is 2. The Labute approximate surface area is 161 Å². The van der Waals surface area contributed by atoms with E-state index in [2.05, 4.69) is 15.8 Å². The van der Waals surface area contributed by atoms with Gasteiger partial charge in [-0.25, -0.2) is 14.6 Å². The molecule has 3 aliphatic rings. The van der Waals surface area contributed by atoms with Crippen LogP contribution in [0.2, 0.25) is 0 Å². The summed E-state index contributed by atoms with van der Waals surface area (Å²) in [5.41, 5.74) is 3.05. The van der Waals surface area contributed by atoms with Crippen molar-refractivity contribution in [2.24, 2.45) is 5.10 Å². The van der Waals surface area contributed by atoms with Crippen LogP contribution in [0, 0.1) is 5.82 Å². The molecule has 0 aromatic heterocycles. The second kappa shape index (κ2) is 7.73. The highest BCUT2D eigenvalue weighted by atomic mass is 19.4. The largest absolute Gasteiger partial charge is 0.490 e. The average Bonchev–Trinajstić information content (AvgIpc) is 2.61. The van der Waals surface area contributed by atoms with Gasteiger partial charge in [0.25, 0.3) is 5.91 Å². The van der Waals surface area contributed by atoms with Crippen LogP contribution < -0.4 is 25.1 Å². The van der Waals surface area contributed by atoms with E-state index in [1.807, 2.05) is 0 Å². The minimum atomic E-state index is -5.08. The molecular formula is C16H16F4N4O5. The Morgan fingerprint density at radius 1 is 1.38 bits per heavy atom. The van der Waals surface area contributed by atoms with Crippen LogP contribution in [-0.2, 0) is 9.59 Å². The van der Waals surface area contributed by atoms with E-state index < -0.39 is 24.0 Å². The van der Waals surface area contributed by atoms with Crippen molar-refractivity contribution in [2.75, 3.05) is 24.6 Å². The average molecular weight is 420 g/mol. The van der Waals surface area contributed by atoms with Gasteiger partial charge in [0, 0.05) is 25.2 Å². The van der Waals surface area contributed by atoms with E-state index in [4.69, 9.17) is 19.4 Å². The Kier molecular flexibility index (Phi) is 5.50. The van der Waals surface area contributed by atoms with Gasteiger partial charge in [-0.1, -0.05) is 0 Å². The number of nitrogens with zero attached hydrogens (tertiary/aromatic N) is 2. The number of carbonyl (C=O) groups excluding carboxylic acids is 1. The Balaban J connectivity index is 0.000000298. The predicted octanol–water partition coefficient (Wildman–Crippen LogP) is 0.840. The van der Waals surface area contributed by atoms with E-state index in [1.54, 1.807) is 17.9 Å². The minimum Gasteiger partial charge on any atom is -0.485 e. The third-order valence-electron chi connectivity index (χ3n) is 4.25. The quantitative estimate of drug-likeness (QED) is 0.608. The maximum absolute atomic E-state index is 14.1. The van der Waals surface area contributed by atoms with Gasteiger partial charge in [-0.2, -0.15) is 18.3 Å². The van der Waals surface area contributed by atoms with Crippen molar-refractivity contribution in [3.05, 3.63) is 17.9 Å². The fourth-order valence-corrected chi connectivity index (χ4v) is 2.64. The van der Waals surface area contributed by atoms with Gasteiger partial charge in [0.05, 0.1) is 5.69 Å². The summed E-state index contributed by atoms with van der Waals surface area (Å²) in [5.74, 6) is -2.31. The molecule has 3 N–H and O–H groups in total. The van der Waals surface area contributed by atoms with Crippen molar-refractivity contribution in [1.29, 1.82) is 0 Å². The number of amidine groups is 1. The van der Waals surface area contributed by atoms with Gasteiger partial charge >= 0.3 is 12.1 Å². The van der Waals surface area contributed by atoms with E-state index in [-0.39, 0.29) is 24.4 Å². The highest BCUT2D eigenvalue weighted by Gasteiger charge is 2.38. The molecule has 13 heteroatoms. The number of nitrogens with one attached hydrogen (secondary N) is 2. The number of aliphatic carboxylic acids is 1. The highest BCUT2D eigenvalue weighted by molar-refractivity contribution is 6.09. The molecule has 9 nitrogen and oxygen atoms in total. The Morgan fingerprint density at radius 3 is 2.59 bits per heavy atom. The molecule has 3 heterocycles. The Bertz CT molecular complexity index is 856. The first-order chi connectivity index (χ1) is 13.6. The predicted molar refractivity (Wildman–Crippen MR) is 90.4 cm³/mol. The molecule has 158 valence electrons. The number of carbonyl (C=O) groups is 2. The number of fused-ring (bicyclic) bond motifs is 3. The van der Waals surface area contributed by atoms with Gasteiger partial charge in [-0.3, -0.25) is 4.79 Å². The molecule has 0 spiro atoms. The monoisotopic (exact) mass is 420 g/mol. The highest BCUT2D eigenvalue weighted by Crippen LogP contribution is 2.39. The number of benzene rings is 1. The summed E-state index contributed by atoms with van der Waals surface area (Å²) in [6.45, 7) is 3.34. The molecule has 1 amide bonds. The summed E-state index contributed by atoms with van der Waals surface area (Å²) in [6.07, 6.45) is -5.12. The molecule has 0 unspecified atom stereocenters. The number of amides is 1. The first kappa shape index (κ1) is 20.6. The standard InChI is InChI=1S/C14H15FN4O3.C2HF3O2/c1-7-14(20)18-17-13-6-21-12-2-9(15)11(3-10(12)19(7)13)22-8-4-16-5-8;3-2(4,5)1(6)7/h2-3,7-8,16H,4-6H2,1H3,(H,18,20);(H,6,7)/t7-;/m1./s1. The van der Waals surface area contributed by atoms with Crippen LogP contribution in [0.15, 0.2) is 17.2 Å². The molecule has 4 rings (SSSR count). The number of carboxylic acids is 1. The minimum absolute atomic E-state index is 0.0349. The summed E-state index contributed by atoms with van der Waals surface area (Å²) in [5, 5.41) is 14.2. The summed E-state index contributed by atoms with van der Waals surface area (Å²) < 4.78 is 57.0. The number of halogens is 4. The number of hydrogen-bond acceptors (Lipinski definition) is 7. The summed E-state index contributed by atoms with van der Waals surface area (Å²) in [4.78, 5) is 22.5. The zero-order valence-electron chi connectivity index (χ0n) is 14.9. The number of carboxylic acid groups (broad SMARTS) is 1. The molecule has 1 atom stereocenters. The molecule has 1 fully saturated rings. The summed E-state index contributed by atoms with van der Waals surface area (Å²) >= 11 is 0. The van der Waals surface area contributed by atoms with Crippen LogP contribution in [0.3, 0.4) is 0 Å². The van der Waals surface area contributed by atoms with Crippen molar-refractivity contribution in [2.45, 2.75) is 25.2 Å². The third kappa shape index (κ3) is 4.34. The van der Waals surface area contributed by atoms with Crippen LogP contribution in [0.5, 0.6) is 11.5 Å². The van der Waals surface area contributed by atoms with E-state index in [9.17, 15) is 22.4 Å². The van der Waals surface area contributed by atoms with Crippen molar-refractivity contribution in [3.8, 4) is 11.5 Å². The van der Waals surface area contributed by atoms with E-state index >= 15 is 0 Å². The van der Waals surface area contributed by atoms with Crippen molar-refractivity contribution < 1.29 is 41.7 Å². The lowest BCUT2D eigenvalue weighted by molar-refractivity contribution is -0.192. The lowest BCUT2D eigenvalue weighted by Crippen LogP contribution is -2.55. The zero-order chi connectivity index (χ0) is 21.3. The topological polar surface area (TPSA) is 112 Å². The number of anilines is 1. The number of alkyl halides is 3. The van der Waals surface area contributed by atoms with Crippen LogP contribution in [0.4, 0.5) is 23.2 Å². The summed E-state index contributed by atoms with van der Waals surface area (Å²) in [6, 6.07) is 2.43. The third-order valence-corrected chi connectivity index (χ3v) is 4.25. The number of hydrogen-bond donors (Lipinski definition) is 3. The molecule has 0 bridgehead atoms. The molecule has 1 aromatic rings. The SMILES string of the molecule is C[C@@H]1C(=O)NN=C2COc3cc(F)c(OC4CNC4)cc3N21.O=C(O)C(F)(F)F. The van der Waals surface area contributed by atoms with Crippen LogP contribution >= 0.6 is 0 Å². The van der Waals surface area contributed by atoms with Gasteiger partial charge in [0.15, 0.2) is 17.4 Å². The molecule has 1 saturated heterocycles. The zero-order valence-corrected chi connectivity index (χ0v) is 14.9. The Morgan fingerprint density at radius 2 is 2.03 bits per heavy atom. The fourth-order valence-electron chi connectivity index (χ4n) is 2.64. The van der Waals surface area contributed by atoms with Gasteiger partial charge in [-0.15, -0.1) is 0 Å². The van der Waals surface area contributed by atoms with E-state index in [0.717, 1.165) is 0 Å². The number of ether oxygens (including phenoxy) is 2. The van der Waals surface area contributed by atoms with Gasteiger partial charge < -0.3 is 24.8 Å². The summed E-state index contributed by atoms with van der Waals surface area (Å²) in [7, 11) is 0. The fraction of sp³-hybridized carbons (Fsp3) is 0.438. The van der Waals surface area contributed by atoms with Crippen LogP contribution in [0.25, 0.3) is 0 Å². The normalized spacial score (nSPS) is 20.6. The van der Waals surface area contributed by atoms with Crippen LogP contribution in [-0.4, -0.2) is 60.8 Å². The van der Waals surface area contributed by atoms with Crippen molar-refractivity contribution in [3.63, 3.8) is 0 Å². The first-order valence-electron chi connectivity index (χ1n) is 8.37. The number of hydrazone groups is 1. The lowest BCUT2D eigenvalue weighted by atomic mass is 10.1. The molecule has 0 radical (unpaired) electrons. The van der Waals surface area contributed by atoms with Gasteiger partial charge in [-0.05, 0) is 6.92 Å². The van der Waals surface area contributed by atoms with Gasteiger partial charge in [0.1, 0.15) is 24.5 Å².